The molecule has 7 heteroatoms. The lowest BCUT2D eigenvalue weighted by Crippen LogP contribution is -2.22. The van der Waals surface area contributed by atoms with Crippen molar-refractivity contribution < 1.29 is 22.8 Å². The number of carbonyl (C=O) groups is 2. The second-order valence-corrected chi connectivity index (χ2v) is 12.3. The topological polar surface area (TPSA) is 34.1 Å². The van der Waals surface area contributed by atoms with Crippen LogP contribution in [-0.4, -0.2) is 11.6 Å². The fraction of sp³-hybridized carbons (Fsp3) is 0.161. The van der Waals surface area contributed by atoms with Gasteiger partial charge < -0.3 is 0 Å². The number of halogens is 3. The summed E-state index contributed by atoms with van der Waals surface area (Å²) in [6.45, 7) is 6.43. The van der Waals surface area contributed by atoms with Crippen molar-refractivity contribution in [3.8, 4) is 0 Å². The first-order chi connectivity index (χ1) is 17.9. The molecular weight excluding hydrogens is 525 g/mol. The number of benzene rings is 4. The van der Waals surface area contributed by atoms with Gasteiger partial charge in [0.2, 0.25) is 0 Å². The lowest BCUT2D eigenvalue weighted by Gasteiger charge is -2.22. The zero-order valence-corrected chi connectivity index (χ0v) is 22.5. The number of hydrogen-bond donors (Lipinski definition) is 0. The van der Waals surface area contributed by atoms with Gasteiger partial charge in [0, 0.05) is 41.8 Å². The molecule has 0 spiro atoms. The van der Waals surface area contributed by atoms with E-state index in [0.29, 0.717) is 25.8 Å². The van der Waals surface area contributed by atoms with Crippen molar-refractivity contribution >= 4 is 35.1 Å². The molecule has 0 radical (unpaired) electrons. The van der Waals surface area contributed by atoms with Crippen LogP contribution in [-0.2, 0) is 11.6 Å². The average molecular weight is 549 g/mol. The number of rotatable bonds is 4. The lowest BCUT2D eigenvalue weighted by molar-refractivity contribution is -0.137. The summed E-state index contributed by atoms with van der Waals surface area (Å²) < 4.78 is 39.6. The van der Waals surface area contributed by atoms with E-state index >= 15 is 0 Å². The van der Waals surface area contributed by atoms with Crippen LogP contribution in [0.2, 0.25) is 0 Å². The fourth-order valence-corrected chi connectivity index (χ4v) is 6.38. The van der Waals surface area contributed by atoms with Crippen molar-refractivity contribution in [2.24, 2.45) is 0 Å². The summed E-state index contributed by atoms with van der Waals surface area (Å²) in [5.41, 5.74) is 1.59. The summed E-state index contributed by atoms with van der Waals surface area (Å²) in [7, 11) is 0. The molecule has 4 aromatic carbocycles. The van der Waals surface area contributed by atoms with Gasteiger partial charge in [0.15, 0.2) is 11.6 Å². The first-order valence-corrected chi connectivity index (χ1v) is 13.6. The third kappa shape index (κ3) is 5.05. The summed E-state index contributed by atoms with van der Waals surface area (Å²) in [5.74, 6) is -0.578. The highest BCUT2D eigenvalue weighted by Gasteiger charge is 2.34. The standard InChI is InChI=1S/C31H23F3O2S2/c1-30(2,3)18-13-15-20(16-14-18)37-24-11-5-9-22-26(24)28(35)23-10-6-12-25(27(23)29(22)36)38-21-8-4-7-19(17-21)31(32,33)34/h4-17H,1-3H3. The van der Waals surface area contributed by atoms with Crippen LogP contribution in [0.15, 0.2) is 105 Å². The Bertz CT molecular complexity index is 1570. The molecule has 0 amide bonds. The zero-order chi connectivity index (χ0) is 27.2. The van der Waals surface area contributed by atoms with E-state index in [0.717, 1.165) is 28.8 Å². The van der Waals surface area contributed by atoms with Crippen molar-refractivity contribution in [3.63, 3.8) is 0 Å². The molecular formula is C31H23F3O2S2. The van der Waals surface area contributed by atoms with Crippen LogP contribution < -0.4 is 0 Å². The van der Waals surface area contributed by atoms with Gasteiger partial charge in [-0.3, -0.25) is 9.59 Å². The van der Waals surface area contributed by atoms with Gasteiger partial charge in [-0.15, -0.1) is 0 Å². The third-order valence-electron chi connectivity index (χ3n) is 6.33. The summed E-state index contributed by atoms with van der Waals surface area (Å²) in [5, 5.41) is 0. The first kappa shape index (κ1) is 26.3. The molecule has 0 atom stereocenters. The van der Waals surface area contributed by atoms with Crippen LogP contribution in [0.3, 0.4) is 0 Å². The van der Waals surface area contributed by atoms with Crippen molar-refractivity contribution in [2.45, 2.75) is 51.9 Å². The van der Waals surface area contributed by atoms with E-state index in [4.69, 9.17) is 0 Å². The Morgan fingerprint density at radius 3 is 1.58 bits per heavy atom. The highest BCUT2D eigenvalue weighted by molar-refractivity contribution is 7.99. The SMILES string of the molecule is CC(C)(C)c1ccc(Sc2cccc3c2C(=O)c2cccc(Sc4cccc(C(F)(F)F)c4)c2C3=O)cc1. The van der Waals surface area contributed by atoms with Gasteiger partial charge in [0.1, 0.15) is 0 Å². The van der Waals surface area contributed by atoms with E-state index in [1.807, 2.05) is 18.2 Å². The molecule has 1 aliphatic rings. The van der Waals surface area contributed by atoms with Crippen LogP contribution in [0.5, 0.6) is 0 Å². The Morgan fingerprint density at radius 2 is 1.08 bits per heavy atom. The summed E-state index contributed by atoms with van der Waals surface area (Å²) >= 11 is 2.47. The molecule has 0 N–H and O–H groups in total. The molecule has 0 heterocycles. The Labute approximate surface area is 227 Å². The van der Waals surface area contributed by atoms with Crippen LogP contribution >= 0.6 is 23.5 Å². The Morgan fingerprint density at radius 1 is 0.579 bits per heavy atom. The molecule has 4 aromatic rings. The van der Waals surface area contributed by atoms with E-state index in [2.05, 4.69) is 32.9 Å². The second kappa shape index (κ2) is 9.79. The van der Waals surface area contributed by atoms with Gasteiger partial charge in [0.25, 0.3) is 0 Å². The van der Waals surface area contributed by atoms with E-state index in [1.165, 1.54) is 23.4 Å². The van der Waals surface area contributed by atoms with Crippen molar-refractivity contribution in [2.75, 3.05) is 0 Å². The van der Waals surface area contributed by atoms with E-state index < -0.39 is 11.7 Å². The Hall–Kier alpha value is -3.29. The van der Waals surface area contributed by atoms with Gasteiger partial charge >= 0.3 is 6.18 Å². The monoisotopic (exact) mass is 548 g/mol. The minimum absolute atomic E-state index is 0.0188. The number of alkyl halides is 3. The fourth-order valence-electron chi connectivity index (χ4n) is 4.36. The largest absolute Gasteiger partial charge is 0.416 e. The highest BCUT2D eigenvalue weighted by Crippen LogP contribution is 2.42. The van der Waals surface area contributed by atoms with Crippen molar-refractivity contribution in [1.29, 1.82) is 0 Å². The van der Waals surface area contributed by atoms with Crippen LogP contribution in [0, 0.1) is 0 Å². The lowest BCUT2D eigenvalue weighted by atomic mass is 9.84. The minimum atomic E-state index is -4.47. The molecule has 0 saturated heterocycles. The Balaban J connectivity index is 1.50. The van der Waals surface area contributed by atoms with Gasteiger partial charge in [-0.05, 0) is 53.4 Å². The summed E-state index contributed by atoms with van der Waals surface area (Å²) in [6.07, 6.45) is -4.47. The molecule has 2 nitrogen and oxygen atoms in total. The summed E-state index contributed by atoms with van der Waals surface area (Å²) in [4.78, 5) is 29.8. The van der Waals surface area contributed by atoms with Gasteiger partial charge in [-0.1, -0.05) is 86.8 Å². The highest BCUT2D eigenvalue weighted by atomic mass is 32.2. The molecule has 5 rings (SSSR count). The molecule has 0 fully saturated rings. The number of hydrogen-bond acceptors (Lipinski definition) is 4. The van der Waals surface area contributed by atoms with E-state index in [-0.39, 0.29) is 28.1 Å². The average Bonchev–Trinajstić information content (AvgIpc) is 2.86. The number of ketones is 2. The van der Waals surface area contributed by atoms with Gasteiger partial charge in [-0.2, -0.15) is 13.2 Å². The van der Waals surface area contributed by atoms with Crippen molar-refractivity contribution in [3.05, 3.63) is 118 Å². The predicted molar refractivity (Wildman–Crippen MR) is 145 cm³/mol. The summed E-state index contributed by atoms with van der Waals surface area (Å²) in [6, 6.07) is 23.2. The smallest absolute Gasteiger partial charge is 0.289 e. The van der Waals surface area contributed by atoms with E-state index in [1.54, 1.807) is 36.4 Å². The van der Waals surface area contributed by atoms with Crippen molar-refractivity contribution in [1.82, 2.24) is 0 Å². The molecule has 0 unspecified atom stereocenters. The zero-order valence-electron chi connectivity index (χ0n) is 20.8. The number of fused-ring (bicyclic) bond motifs is 2. The van der Waals surface area contributed by atoms with Gasteiger partial charge in [-0.25, -0.2) is 0 Å². The first-order valence-electron chi connectivity index (χ1n) is 11.9. The third-order valence-corrected chi connectivity index (χ3v) is 8.45. The quantitative estimate of drug-likeness (QED) is 0.224. The van der Waals surface area contributed by atoms with E-state index in [9.17, 15) is 22.8 Å². The van der Waals surface area contributed by atoms with Crippen LogP contribution in [0.4, 0.5) is 13.2 Å². The maximum atomic E-state index is 13.7. The minimum Gasteiger partial charge on any atom is -0.289 e. The molecule has 0 bridgehead atoms. The normalized spacial score (nSPS) is 13.3. The molecule has 0 aromatic heterocycles. The molecule has 1 aliphatic carbocycles. The van der Waals surface area contributed by atoms with Crippen LogP contribution in [0.25, 0.3) is 0 Å². The Kier molecular flexibility index (Phi) is 6.78. The predicted octanol–water partition coefficient (Wildman–Crippen LogP) is 9.08. The van der Waals surface area contributed by atoms with Gasteiger partial charge in [0.05, 0.1) is 5.56 Å². The molecule has 0 aliphatic heterocycles. The molecule has 192 valence electrons. The second-order valence-electron chi connectivity index (χ2n) is 10.0. The molecule has 0 saturated carbocycles. The maximum absolute atomic E-state index is 13.7. The maximum Gasteiger partial charge on any atom is 0.416 e. The molecule has 38 heavy (non-hydrogen) atoms. The van der Waals surface area contributed by atoms with Crippen LogP contribution in [0.1, 0.15) is 63.7 Å². The number of carbonyl (C=O) groups excluding carboxylic acids is 2.